The van der Waals surface area contributed by atoms with Crippen LogP contribution in [0.3, 0.4) is 0 Å². The maximum Gasteiger partial charge on any atom is 0.321 e. The van der Waals surface area contributed by atoms with Gasteiger partial charge < -0.3 is 10.4 Å². The molecule has 2 fully saturated rings. The second-order valence-corrected chi connectivity index (χ2v) is 8.97. The monoisotopic (exact) mass is 376 g/mol. The lowest BCUT2D eigenvalue weighted by Crippen LogP contribution is -2.49. The van der Waals surface area contributed by atoms with Gasteiger partial charge in [-0.05, 0) is 47.8 Å². The summed E-state index contributed by atoms with van der Waals surface area (Å²) < 4.78 is 0. The van der Waals surface area contributed by atoms with E-state index in [1.807, 2.05) is 6.07 Å². The number of aliphatic carboxylic acids is 1. The fraction of sp³-hybridized carbons (Fsp3) is 0.458. The van der Waals surface area contributed by atoms with E-state index in [4.69, 9.17) is 0 Å². The van der Waals surface area contributed by atoms with E-state index >= 15 is 0 Å². The van der Waals surface area contributed by atoms with Gasteiger partial charge >= 0.3 is 5.97 Å². The summed E-state index contributed by atoms with van der Waals surface area (Å²) in [4.78, 5) is 14.1. The highest BCUT2D eigenvalue weighted by Gasteiger charge is 2.48. The van der Waals surface area contributed by atoms with E-state index in [9.17, 15) is 9.90 Å². The van der Waals surface area contributed by atoms with Crippen LogP contribution in [-0.2, 0) is 17.8 Å². The first-order valence-corrected chi connectivity index (χ1v) is 10.5. The van der Waals surface area contributed by atoms with Crippen LogP contribution in [0.1, 0.15) is 41.9 Å². The number of carboxylic acid groups (broad SMARTS) is 1. The quantitative estimate of drug-likeness (QED) is 0.777. The van der Waals surface area contributed by atoms with Gasteiger partial charge in [-0.2, -0.15) is 0 Å². The minimum absolute atomic E-state index is 0.254. The highest BCUT2D eigenvalue weighted by atomic mass is 16.4. The number of nitrogens with one attached hydrogen (secondary N) is 1. The van der Waals surface area contributed by atoms with Crippen molar-refractivity contribution in [3.63, 3.8) is 0 Å². The molecule has 0 amide bonds. The first kappa shape index (κ1) is 17.9. The smallest absolute Gasteiger partial charge is 0.321 e. The third-order valence-corrected chi connectivity index (χ3v) is 6.88. The zero-order valence-corrected chi connectivity index (χ0v) is 16.2. The van der Waals surface area contributed by atoms with Crippen molar-refractivity contribution in [2.75, 3.05) is 13.1 Å². The molecule has 3 atom stereocenters. The van der Waals surface area contributed by atoms with E-state index in [0.29, 0.717) is 18.4 Å². The fourth-order valence-corrected chi connectivity index (χ4v) is 4.82. The lowest BCUT2D eigenvalue weighted by molar-refractivity contribution is -0.144. The van der Waals surface area contributed by atoms with E-state index < -0.39 is 12.0 Å². The molecule has 2 saturated carbocycles. The minimum Gasteiger partial charge on any atom is -0.480 e. The Labute approximate surface area is 166 Å². The summed E-state index contributed by atoms with van der Waals surface area (Å²) in [6, 6.07) is 19.2. The molecule has 4 heteroatoms. The van der Waals surface area contributed by atoms with Crippen molar-refractivity contribution in [2.45, 2.75) is 50.2 Å². The number of benzene rings is 2. The molecule has 1 heterocycles. The number of rotatable bonds is 7. The molecule has 3 aliphatic rings. The molecule has 0 aromatic heterocycles. The van der Waals surface area contributed by atoms with Crippen molar-refractivity contribution in [3.8, 4) is 0 Å². The van der Waals surface area contributed by atoms with Crippen molar-refractivity contribution < 1.29 is 9.90 Å². The molecule has 28 heavy (non-hydrogen) atoms. The van der Waals surface area contributed by atoms with Gasteiger partial charge in [0.2, 0.25) is 0 Å². The summed E-state index contributed by atoms with van der Waals surface area (Å²) in [6.45, 7) is 2.64. The average Bonchev–Trinajstić information content (AvgIpc) is 3.63. The Hall–Kier alpha value is -2.17. The Morgan fingerprint density at radius 1 is 1.07 bits per heavy atom. The number of fused-ring (bicyclic) bond motifs is 1. The summed E-state index contributed by atoms with van der Waals surface area (Å²) in [5, 5.41) is 13.6. The van der Waals surface area contributed by atoms with Crippen molar-refractivity contribution in [1.82, 2.24) is 10.2 Å². The van der Waals surface area contributed by atoms with Crippen molar-refractivity contribution >= 4 is 5.97 Å². The van der Waals surface area contributed by atoms with Crippen LogP contribution in [0.4, 0.5) is 0 Å². The van der Waals surface area contributed by atoms with Gasteiger partial charge in [0.15, 0.2) is 0 Å². The van der Waals surface area contributed by atoms with Crippen LogP contribution in [0.5, 0.6) is 0 Å². The molecule has 2 N–H and O–H groups in total. The second kappa shape index (κ2) is 7.02. The van der Waals surface area contributed by atoms with Gasteiger partial charge in [0.05, 0.1) is 0 Å². The third kappa shape index (κ3) is 3.59. The van der Waals surface area contributed by atoms with Crippen LogP contribution < -0.4 is 5.32 Å². The highest BCUT2D eigenvalue weighted by molar-refractivity contribution is 5.74. The Morgan fingerprint density at radius 2 is 1.79 bits per heavy atom. The molecule has 4 nitrogen and oxygen atoms in total. The van der Waals surface area contributed by atoms with E-state index in [1.165, 1.54) is 36.0 Å². The predicted molar refractivity (Wildman–Crippen MR) is 109 cm³/mol. The number of nitrogens with zero attached hydrogens (tertiary/aromatic N) is 1. The first-order valence-electron chi connectivity index (χ1n) is 10.5. The van der Waals surface area contributed by atoms with Crippen molar-refractivity contribution in [1.29, 1.82) is 0 Å². The van der Waals surface area contributed by atoms with Gasteiger partial charge in [0.1, 0.15) is 6.04 Å². The molecule has 2 aromatic rings. The summed E-state index contributed by atoms with van der Waals surface area (Å²) in [6.07, 6.45) is 4.24. The second-order valence-electron chi connectivity index (χ2n) is 8.97. The SMILES string of the molecule is O=C(O)[C@@H]1Cc2ccccc2CN1CC1(CN[C@H]2C[C@@H]2c2ccccc2)CC1. The maximum absolute atomic E-state index is 11.9. The Bertz CT molecular complexity index is 862. The van der Waals surface area contributed by atoms with Crippen LogP contribution in [0, 0.1) is 5.41 Å². The molecule has 2 aliphatic carbocycles. The predicted octanol–water partition coefficient (Wildman–Crippen LogP) is 3.42. The number of hydrogen-bond acceptors (Lipinski definition) is 3. The lowest BCUT2D eigenvalue weighted by Gasteiger charge is -2.37. The summed E-state index contributed by atoms with van der Waals surface area (Å²) in [5.41, 5.74) is 4.17. The average molecular weight is 377 g/mol. The van der Waals surface area contributed by atoms with Crippen LogP contribution in [-0.4, -0.2) is 41.1 Å². The van der Waals surface area contributed by atoms with Crippen molar-refractivity contribution in [2.24, 2.45) is 5.41 Å². The highest BCUT2D eigenvalue weighted by Crippen LogP contribution is 2.48. The van der Waals surface area contributed by atoms with E-state index in [-0.39, 0.29) is 5.41 Å². The lowest BCUT2D eigenvalue weighted by atomic mass is 9.92. The van der Waals surface area contributed by atoms with Crippen LogP contribution >= 0.6 is 0 Å². The zero-order valence-electron chi connectivity index (χ0n) is 16.2. The Balaban J connectivity index is 1.21. The summed E-state index contributed by atoms with van der Waals surface area (Å²) >= 11 is 0. The summed E-state index contributed by atoms with van der Waals surface area (Å²) in [5.74, 6) is -0.0461. The number of carboxylic acids is 1. The normalized spacial score (nSPS) is 27.8. The minimum atomic E-state index is -0.690. The molecule has 0 spiro atoms. The van der Waals surface area contributed by atoms with Gasteiger partial charge in [0.25, 0.3) is 0 Å². The maximum atomic E-state index is 11.9. The van der Waals surface area contributed by atoms with E-state index in [0.717, 1.165) is 19.6 Å². The van der Waals surface area contributed by atoms with Gasteiger partial charge in [0, 0.05) is 31.6 Å². The number of carbonyl (C=O) groups is 1. The van der Waals surface area contributed by atoms with Crippen molar-refractivity contribution in [3.05, 3.63) is 71.3 Å². The van der Waals surface area contributed by atoms with Gasteiger partial charge in [-0.15, -0.1) is 0 Å². The van der Waals surface area contributed by atoms with E-state index in [1.54, 1.807) is 0 Å². The van der Waals surface area contributed by atoms with Gasteiger partial charge in [-0.3, -0.25) is 9.69 Å². The molecular formula is C24H28N2O2. The zero-order chi connectivity index (χ0) is 19.1. The number of hydrogen-bond donors (Lipinski definition) is 2. The molecule has 1 aliphatic heterocycles. The third-order valence-electron chi connectivity index (χ3n) is 6.88. The molecule has 2 aromatic carbocycles. The van der Waals surface area contributed by atoms with Crippen LogP contribution in [0.2, 0.25) is 0 Å². The molecule has 146 valence electrons. The van der Waals surface area contributed by atoms with Crippen LogP contribution in [0.15, 0.2) is 54.6 Å². The van der Waals surface area contributed by atoms with Gasteiger partial charge in [-0.1, -0.05) is 54.6 Å². The molecule has 0 bridgehead atoms. The Kier molecular flexibility index (Phi) is 4.48. The molecule has 5 rings (SSSR count). The fourth-order valence-electron chi connectivity index (χ4n) is 4.82. The van der Waals surface area contributed by atoms with E-state index in [2.05, 4.69) is 58.7 Å². The topological polar surface area (TPSA) is 52.6 Å². The van der Waals surface area contributed by atoms with Gasteiger partial charge in [-0.25, -0.2) is 0 Å². The molecular weight excluding hydrogens is 348 g/mol. The first-order chi connectivity index (χ1) is 13.6. The largest absolute Gasteiger partial charge is 0.480 e. The summed E-state index contributed by atoms with van der Waals surface area (Å²) in [7, 11) is 0. The Morgan fingerprint density at radius 3 is 2.50 bits per heavy atom. The molecule has 0 unspecified atom stereocenters. The molecule has 0 saturated heterocycles. The standard InChI is InChI=1S/C24H28N2O2/c27-23(28)22-12-18-8-4-5-9-19(18)14-26(22)16-24(10-11-24)15-25-21-13-20(21)17-6-2-1-3-7-17/h1-9,20-22,25H,10-16H2,(H,27,28)/t20-,21+,22+/m1/s1. The molecule has 0 radical (unpaired) electrons. The van der Waals surface area contributed by atoms with Crippen LogP contribution in [0.25, 0.3) is 0 Å².